The van der Waals surface area contributed by atoms with Gasteiger partial charge in [0.1, 0.15) is 0 Å². The molecular formula is C13H21BO3. The van der Waals surface area contributed by atoms with Crippen LogP contribution in [0.25, 0.3) is 0 Å². The van der Waals surface area contributed by atoms with Gasteiger partial charge in [0, 0.05) is 6.61 Å². The van der Waals surface area contributed by atoms with E-state index in [9.17, 15) is 0 Å². The van der Waals surface area contributed by atoms with E-state index in [1.54, 1.807) is 12.1 Å². The van der Waals surface area contributed by atoms with Gasteiger partial charge in [0.05, 0.1) is 6.61 Å². The molecule has 1 aromatic rings. The summed E-state index contributed by atoms with van der Waals surface area (Å²) in [5, 5.41) is 18.1. The van der Waals surface area contributed by atoms with E-state index in [-0.39, 0.29) is 0 Å². The summed E-state index contributed by atoms with van der Waals surface area (Å²) in [7, 11) is -1.41. The first-order chi connectivity index (χ1) is 8.09. The van der Waals surface area contributed by atoms with Crippen LogP contribution >= 0.6 is 0 Å². The maximum Gasteiger partial charge on any atom is 0.488 e. The monoisotopic (exact) mass is 236 g/mol. The molecule has 94 valence electrons. The van der Waals surface area contributed by atoms with E-state index in [1.807, 2.05) is 12.1 Å². The fourth-order valence-electron chi connectivity index (χ4n) is 1.63. The molecule has 3 nitrogen and oxygen atoms in total. The van der Waals surface area contributed by atoms with Crippen LogP contribution in [0.1, 0.15) is 32.3 Å². The minimum Gasteiger partial charge on any atom is -0.423 e. The second-order valence-corrected chi connectivity index (χ2v) is 4.71. The zero-order chi connectivity index (χ0) is 12.7. The van der Waals surface area contributed by atoms with E-state index in [0.29, 0.717) is 18.0 Å². The Morgan fingerprint density at radius 2 is 2.06 bits per heavy atom. The summed E-state index contributed by atoms with van der Waals surface area (Å²) in [5.74, 6) is 0.714. The molecule has 0 aliphatic rings. The highest BCUT2D eigenvalue weighted by molar-refractivity contribution is 6.58. The number of rotatable bonds is 7. The van der Waals surface area contributed by atoms with Crippen molar-refractivity contribution in [2.24, 2.45) is 5.92 Å². The van der Waals surface area contributed by atoms with Gasteiger partial charge in [0.2, 0.25) is 0 Å². The van der Waals surface area contributed by atoms with Crippen LogP contribution in [-0.4, -0.2) is 23.8 Å². The topological polar surface area (TPSA) is 49.7 Å². The SMILES string of the molecule is CC(C)CCCOCc1cccc(B(O)O)c1. The van der Waals surface area contributed by atoms with Crippen molar-refractivity contribution in [3.63, 3.8) is 0 Å². The highest BCUT2D eigenvalue weighted by Gasteiger charge is 2.10. The molecule has 0 aliphatic carbocycles. The fraction of sp³-hybridized carbons (Fsp3) is 0.538. The van der Waals surface area contributed by atoms with Crippen LogP contribution in [0.4, 0.5) is 0 Å². The van der Waals surface area contributed by atoms with Crippen LogP contribution in [0.15, 0.2) is 24.3 Å². The van der Waals surface area contributed by atoms with Gasteiger partial charge in [-0.15, -0.1) is 0 Å². The van der Waals surface area contributed by atoms with E-state index in [1.165, 1.54) is 6.42 Å². The van der Waals surface area contributed by atoms with Crippen molar-refractivity contribution in [2.75, 3.05) is 6.61 Å². The molecule has 0 atom stereocenters. The largest absolute Gasteiger partial charge is 0.488 e. The molecular weight excluding hydrogens is 215 g/mol. The zero-order valence-electron chi connectivity index (χ0n) is 10.6. The van der Waals surface area contributed by atoms with Gasteiger partial charge in [-0.1, -0.05) is 38.1 Å². The van der Waals surface area contributed by atoms with Crippen molar-refractivity contribution < 1.29 is 14.8 Å². The van der Waals surface area contributed by atoms with Gasteiger partial charge in [0.15, 0.2) is 0 Å². The summed E-state index contributed by atoms with van der Waals surface area (Å²) in [5.41, 5.74) is 1.48. The van der Waals surface area contributed by atoms with E-state index >= 15 is 0 Å². The first kappa shape index (κ1) is 14.2. The highest BCUT2D eigenvalue weighted by Crippen LogP contribution is 2.05. The number of hydrogen-bond acceptors (Lipinski definition) is 3. The van der Waals surface area contributed by atoms with Gasteiger partial charge < -0.3 is 14.8 Å². The predicted molar refractivity (Wildman–Crippen MR) is 70.0 cm³/mol. The van der Waals surface area contributed by atoms with E-state index in [2.05, 4.69) is 13.8 Å². The number of benzene rings is 1. The summed E-state index contributed by atoms with van der Waals surface area (Å²) in [6.45, 7) is 5.68. The number of ether oxygens (including phenoxy) is 1. The van der Waals surface area contributed by atoms with Gasteiger partial charge in [-0.25, -0.2) is 0 Å². The van der Waals surface area contributed by atoms with Gasteiger partial charge in [-0.3, -0.25) is 0 Å². The maximum atomic E-state index is 9.03. The summed E-state index contributed by atoms with van der Waals surface area (Å²) < 4.78 is 5.54. The molecule has 0 aromatic heterocycles. The summed E-state index contributed by atoms with van der Waals surface area (Å²) in [4.78, 5) is 0. The van der Waals surface area contributed by atoms with Gasteiger partial charge >= 0.3 is 7.12 Å². The van der Waals surface area contributed by atoms with Crippen molar-refractivity contribution in [3.05, 3.63) is 29.8 Å². The first-order valence-corrected chi connectivity index (χ1v) is 6.12. The first-order valence-electron chi connectivity index (χ1n) is 6.12. The molecule has 1 aromatic carbocycles. The summed E-state index contributed by atoms with van der Waals surface area (Å²) in [6, 6.07) is 7.18. The van der Waals surface area contributed by atoms with Crippen molar-refractivity contribution in [1.29, 1.82) is 0 Å². The van der Waals surface area contributed by atoms with Gasteiger partial charge in [-0.05, 0) is 29.8 Å². The molecule has 0 bridgehead atoms. The van der Waals surface area contributed by atoms with Crippen LogP contribution in [0.3, 0.4) is 0 Å². The Morgan fingerprint density at radius 3 is 2.71 bits per heavy atom. The second-order valence-electron chi connectivity index (χ2n) is 4.71. The Morgan fingerprint density at radius 1 is 1.29 bits per heavy atom. The smallest absolute Gasteiger partial charge is 0.423 e. The second kappa shape index (κ2) is 7.48. The molecule has 0 unspecified atom stereocenters. The molecule has 0 saturated carbocycles. The Kier molecular flexibility index (Phi) is 6.26. The summed E-state index contributed by atoms with van der Waals surface area (Å²) in [6.07, 6.45) is 2.25. The lowest BCUT2D eigenvalue weighted by atomic mass is 9.80. The predicted octanol–water partition coefficient (Wildman–Crippen LogP) is 1.32. The third-order valence-electron chi connectivity index (χ3n) is 2.59. The van der Waals surface area contributed by atoms with Crippen molar-refractivity contribution >= 4 is 12.6 Å². The molecule has 0 fully saturated rings. The average Bonchev–Trinajstić information content (AvgIpc) is 2.28. The molecule has 17 heavy (non-hydrogen) atoms. The van der Waals surface area contributed by atoms with Crippen LogP contribution < -0.4 is 5.46 Å². The van der Waals surface area contributed by atoms with E-state index in [0.717, 1.165) is 18.6 Å². The molecule has 2 N–H and O–H groups in total. The minimum atomic E-state index is -1.41. The minimum absolute atomic E-state index is 0.508. The van der Waals surface area contributed by atoms with Crippen LogP contribution in [-0.2, 0) is 11.3 Å². The lowest BCUT2D eigenvalue weighted by molar-refractivity contribution is 0.115. The van der Waals surface area contributed by atoms with E-state index < -0.39 is 7.12 Å². The third-order valence-corrected chi connectivity index (χ3v) is 2.59. The van der Waals surface area contributed by atoms with Crippen molar-refractivity contribution in [1.82, 2.24) is 0 Å². The fourth-order valence-corrected chi connectivity index (χ4v) is 1.63. The molecule has 1 rings (SSSR count). The standard InChI is InChI=1S/C13H21BO3/c1-11(2)5-4-8-17-10-12-6-3-7-13(9-12)14(15)16/h3,6-7,9,11,15-16H,4-5,8,10H2,1-2H3. The molecule has 4 heteroatoms. The zero-order valence-corrected chi connectivity index (χ0v) is 10.6. The molecule has 0 heterocycles. The molecule has 0 radical (unpaired) electrons. The Hall–Kier alpha value is -0.835. The van der Waals surface area contributed by atoms with Gasteiger partial charge in [0.25, 0.3) is 0 Å². The van der Waals surface area contributed by atoms with Crippen LogP contribution in [0.2, 0.25) is 0 Å². The summed E-state index contributed by atoms with van der Waals surface area (Å²) >= 11 is 0. The Bertz CT molecular complexity index is 326. The average molecular weight is 236 g/mol. The normalized spacial score (nSPS) is 10.9. The quantitative estimate of drug-likeness (QED) is 0.554. The number of hydrogen-bond donors (Lipinski definition) is 2. The maximum absolute atomic E-state index is 9.03. The van der Waals surface area contributed by atoms with Gasteiger partial charge in [-0.2, -0.15) is 0 Å². The molecule has 0 saturated heterocycles. The van der Waals surface area contributed by atoms with Crippen molar-refractivity contribution in [3.8, 4) is 0 Å². The lowest BCUT2D eigenvalue weighted by Gasteiger charge is -2.07. The highest BCUT2D eigenvalue weighted by atomic mass is 16.5. The van der Waals surface area contributed by atoms with Crippen molar-refractivity contribution in [2.45, 2.75) is 33.3 Å². The van der Waals surface area contributed by atoms with Crippen LogP contribution in [0.5, 0.6) is 0 Å². The Labute approximate surface area is 104 Å². The Balaban J connectivity index is 2.29. The van der Waals surface area contributed by atoms with Crippen LogP contribution in [0, 0.1) is 5.92 Å². The molecule has 0 spiro atoms. The molecule has 0 amide bonds. The van der Waals surface area contributed by atoms with E-state index in [4.69, 9.17) is 14.8 Å². The third kappa shape index (κ3) is 5.87. The molecule has 0 aliphatic heterocycles. The lowest BCUT2D eigenvalue weighted by Crippen LogP contribution is -2.29.